The molecule has 1 aromatic rings. The van der Waals surface area contributed by atoms with Gasteiger partial charge in [-0.1, -0.05) is 12.5 Å². The molecule has 0 bridgehead atoms. The van der Waals surface area contributed by atoms with Crippen LogP contribution in [0.3, 0.4) is 0 Å². The summed E-state index contributed by atoms with van der Waals surface area (Å²) in [6.07, 6.45) is 3.93. The second-order valence-electron chi connectivity index (χ2n) is 3.78. The minimum Gasteiger partial charge on any atom is -0.399 e. The van der Waals surface area contributed by atoms with Crippen LogP contribution in [0.5, 0.6) is 0 Å². The number of benzene rings is 1. The van der Waals surface area contributed by atoms with Crippen LogP contribution in [0.25, 0.3) is 0 Å². The molecule has 1 aliphatic rings. The van der Waals surface area contributed by atoms with Gasteiger partial charge in [-0.2, -0.15) is 0 Å². The van der Waals surface area contributed by atoms with Gasteiger partial charge in [0.15, 0.2) is 0 Å². The summed E-state index contributed by atoms with van der Waals surface area (Å²) in [6.45, 7) is 2.27. The maximum absolute atomic E-state index is 5.71. The van der Waals surface area contributed by atoms with Gasteiger partial charge in [-0.05, 0) is 31.0 Å². The van der Waals surface area contributed by atoms with Crippen LogP contribution in [0.4, 0.5) is 11.4 Å². The Morgan fingerprint density at radius 3 is 2.64 bits per heavy atom. The van der Waals surface area contributed by atoms with Crippen LogP contribution < -0.4 is 11.2 Å². The molecule has 0 saturated carbocycles. The lowest BCUT2D eigenvalue weighted by atomic mass is 10.2. The minimum atomic E-state index is 0.812. The fourth-order valence-electron chi connectivity index (χ4n) is 1.80. The monoisotopic (exact) mass is 191 g/mol. The van der Waals surface area contributed by atoms with Crippen molar-refractivity contribution < 1.29 is 0 Å². The summed E-state index contributed by atoms with van der Waals surface area (Å²) in [4.78, 5) is 0. The Morgan fingerprint density at radius 1 is 1.14 bits per heavy atom. The second kappa shape index (κ2) is 4.33. The van der Waals surface area contributed by atoms with Crippen molar-refractivity contribution in [3.8, 4) is 0 Å². The molecular weight excluding hydrogens is 174 g/mol. The van der Waals surface area contributed by atoms with E-state index in [1.54, 1.807) is 0 Å². The fourth-order valence-corrected chi connectivity index (χ4v) is 1.80. The third-order valence-electron chi connectivity index (χ3n) is 2.53. The van der Waals surface area contributed by atoms with Gasteiger partial charge in [0, 0.05) is 18.8 Å². The van der Waals surface area contributed by atoms with Gasteiger partial charge in [0.05, 0.1) is 5.69 Å². The molecule has 2 rings (SSSR count). The van der Waals surface area contributed by atoms with Crippen LogP contribution in [0.2, 0.25) is 0 Å². The Hall–Kier alpha value is -1.22. The molecule has 1 heterocycles. The first-order chi connectivity index (χ1) is 6.84. The topological polar surface area (TPSA) is 41.3 Å². The molecule has 0 aromatic heterocycles. The zero-order valence-corrected chi connectivity index (χ0v) is 8.37. The van der Waals surface area contributed by atoms with Gasteiger partial charge >= 0.3 is 0 Å². The standard InChI is InChI=1S/C11H17N3/c12-10-5-4-6-11(9-10)13-14-7-2-1-3-8-14/h4-6,9,13H,1-3,7-8,12H2. The van der Waals surface area contributed by atoms with Gasteiger partial charge in [0.1, 0.15) is 0 Å². The highest BCUT2D eigenvalue weighted by atomic mass is 15.5. The lowest BCUT2D eigenvalue weighted by Crippen LogP contribution is -2.34. The van der Waals surface area contributed by atoms with E-state index in [-0.39, 0.29) is 0 Å². The molecule has 0 amide bonds. The molecule has 1 aromatic carbocycles. The van der Waals surface area contributed by atoms with Crippen LogP contribution in [-0.4, -0.2) is 18.1 Å². The van der Waals surface area contributed by atoms with Crippen LogP contribution in [-0.2, 0) is 0 Å². The van der Waals surface area contributed by atoms with E-state index in [1.807, 2.05) is 24.3 Å². The molecule has 0 radical (unpaired) electrons. The number of nitrogen functional groups attached to an aromatic ring is 1. The van der Waals surface area contributed by atoms with Crippen LogP contribution in [0.15, 0.2) is 24.3 Å². The Morgan fingerprint density at radius 2 is 1.93 bits per heavy atom. The van der Waals surface area contributed by atoms with Gasteiger partial charge in [-0.25, -0.2) is 5.01 Å². The van der Waals surface area contributed by atoms with Gasteiger partial charge in [-0.15, -0.1) is 0 Å². The summed E-state index contributed by atoms with van der Waals surface area (Å²) in [6, 6.07) is 7.89. The Bertz CT molecular complexity index is 292. The van der Waals surface area contributed by atoms with E-state index in [0.29, 0.717) is 0 Å². The molecule has 3 heteroatoms. The fraction of sp³-hybridized carbons (Fsp3) is 0.455. The molecule has 14 heavy (non-hydrogen) atoms. The second-order valence-corrected chi connectivity index (χ2v) is 3.78. The van der Waals surface area contributed by atoms with E-state index in [0.717, 1.165) is 24.5 Å². The first kappa shape index (κ1) is 9.34. The third-order valence-corrected chi connectivity index (χ3v) is 2.53. The van der Waals surface area contributed by atoms with Crippen molar-refractivity contribution in [2.45, 2.75) is 19.3 Å². The van der Waals surface area contributed by atoms with Crippen molar-refractivity contribution in [3.05, 3.63) is 24.3 Å². The summed E-state index contributed by atoms with van der Waals surface area (Å²) in [5, 5.41) is 2.26. The molecule has 1 aliphatic heterocycles. The molecule has 0 aliphatic carbocycles. The average molecular weight is 191 g/mol. The van der Waals surface area contributed by atoms with Crippen molar-refractivity contribution in [1.82, 2.24) is 5.01 Å². The third kappa shape index (κ3) is 2.39. The maximum atomic E-state index is 5.71. The Labute approximate surface area is 84.9 Å². The van der Waals surface area contributed by atoms with E-state index >= 15 is 0 Å². The molecule has 0 unspecified atom stereocenters. The number of nitrogens with zero attached hydrogens (tertiary/aromatic N) is 1. The molecule has 1 fully saturated rings. The number of hydrogen-bond donors (Lipinski definition) is 2. The number of anilines is 2. The SMILES string of the molecule is Nc1cccc(NN2CCCCC2)c1. The van der Waals surface area contributed by atoms with Gasteiger partial charge < -0.3 is 11.2 Å². The van der Waals surface area contributed by atoms with E-state index in [9.17, 15) is 0 Å². The number of piperidine rings is 1. The molecule has 0 spiro atoms. The number of rotatable bonds is 2. The van der Waals surface area contributed by atoms with Crippen LogP contribution >= 0.6 is 0 Å². The average Bonchev–Trinajstić information content (AvgIpc) is 2.19. The number of nitrogens with one attached hydrogen (secondary N) is 1. The molecule has 3 N–H and O–H groups in total. The summed E-state index contributed by atoms with van der Waals surface area (Å²) < 4.78 is 0. The smallest absolute Gasteiger partial charge is 0.0510 e. The largest absolute Gasteiger partial charge is 0.399 e. The predicted octanol–water partition coefficient (Wildman–Crippen LogP) is 2.08. The molecule has 3 nitrogen and oxygen atoms in total. The van der Waals surface area contributed by atoms with Gasteiger partial charge in [0.25, 0.3) is 0 Å². The first-order valence-corrected chi connectivity index (χ1v) is 5.22. The van der Waals surface area contributed by atoms with E-state index in [4.69, 9.17) is 5.73 Å². The zero-order valence-electron chi connectivity index (χ0n) is 8.37. The molecule has 0 atom stereocenters. The van der Waals surface area contributed by atoms with Crippen molar-refractivity contribution in [1.29, 1.82) is 0 Å². The lowest BCUT2D eigenvalue weighted by molar-refractivity contribution is 0.273. The molecular formula is C11H17N3. The first-order valence-electron chi connectivity index (χ1n) is 5.22. The molecule has 1 saturated heterocycles. The van der Waals surface area contributed by atoms with Gasteiger partial charge in [-0.3, -0.25) is 0 Å². The highest BCUT2D eigenvalue weighted by molar-refractivity contribution is 5.53. The number of hydrazine groups is 1. The Kier molecular flexibility index (Phi) is 2.89. The Balaban J connectivity index is 1.95. The summed E-state index contributed by atoms with van der Waals surface area (Å²) in [5.74, 6) is 0. The summed E-state index contributed by atoms with van der Waals surface area (Å²) in [5.41, 5.74) is 11.0. The normalized spacial score (nSPS) is 18.0. The van der Waals surface area contributed by atoms with Gasteiger partial charge in [0.2, 0.25) is 0 Å². The highest BCUT2D eigenvalue weighted by Crippen LogP contribution is 2.15. The quantitative estimate of drug-likeness (QED) is 0.703. The van der Waals surface area contributed by atoms with E-state index in [2.05, 4.69) is 10.4 Å². The van der Waals surface area contributed by atoms with Crippen molar-refractivity contribution in [3.63, 3.8) is 0 Å². The van der Waals surface area contributed by atoms with Crippen LogP contribution in [0.1, 0.15) is 19.3 Å². The maximum Gasteiger partial charge on any atom is 0.0510 e. The van der Waals surface area contributed by atoms with E-state index < -0.39 is 0 Å². The summed E-state index contributed by atoms with van der Waals surface area (Å²) in [7, 11) is 0. The van der Waals surface area contributed by atoms with Crippen molar-refractivity contribution in [2.75, 3.05) is 24.2 Å². The van der Waals surface area contributed by atoms with Crippen molar-refractivity contribution >= 4 is 11.4 Å². The highest BCUT2D eigenvalue weighted by Gasteiger charge is 2.09. The van der Waals surface area contributed by atoms with Crippen LogP contribution in [0, 0.1) is 0 Å². The number of nitrogens with two attached hydrogens (primary N) is 1. The van der Waals surface area contributed by atoms with E-state index in [1.165, 1.54) is 19.3 Å². The lowest BCUT2D eigenvalue weighted by Gasteiger charge is -2.27. The number of hydrogen-bond acceptors (Lipinski definition) is 3. The zero-order chi connectivity index (χ0) is 9.80. The van der Waals surface area contributed by atoms with Crippen molar-refractivity contribution in [2.24, 2.45) is 0 Å². The molecule has 76 valence electrons. The minimum absolute atomic E-state index is 0.812. The summed E-state index contributed by atoms with van der Waals surface area (Å²) >= 11 is 0. The predicted molar refractivity (Wildman–Crippen MR) is 59.9 cm³/mol.